The minimum absolute atomic E-state index is 0. The summed E-state index contributed by atoms with van der Waals surface area (Å²) in [7, 11) is 0. The molecular formula is C22H36ClNO2. The van der Waals surface area contributed by atoms with E-state index in [0.717, 1.165) is 51.0 Å². The molecule has 1 aromatic rings. The lowest BCUT2D eigenvalue weighted by Gasteiger charge is -2.34. The molecule has 1 aliphatic carbocycles. The van der Waals surface area contributed by atoms with Gasteiger partial charge in [-0.2, -0.15) is 0 Å². The topological polar surface area (TPSA) is 21.7 Å². The summed E-state index contributed by atoms with van der Waals surface area (Å²) in [4.78, 5) is 2.60. The van der Waals surface area contributed by atoms with E-state index in [9.17, 15) is 0 Å². The third-order valence-corrected chi connectivity index (χ3v) is 5.93. The zero-order chi connectivity index (χ0) is 17.3. The van der Waals surface area contributed by atoms with Gasteiger partial charge in [-0.25, -0.2) is 0 Å². The molecule has 3 nitrogen and oxygen atoms in total. The van der Waals surface area contributed by atoms with E-state index in [-0.39, 0.29) is 12.4 Å². The van der Waals surface area contributed by atoms with E-state index < -0.39 is 0 Å². The van der Waals surface area contributed by atoms with Gasteiger partial charge < -0.3 is 9.47 Å². The Bertz CT molecular complexity index is 481. The van der Waals surface area contributed by atoms with Crippen LogP contribution in [0.3, 0.4) is 0 Å². The number of hydrogen-bond donors (Lipinski definition) is 0. The first-order chi connectivity index (χ1) is 12.3. The van der Waals surface area contributed by atoms with Gasteiger partial charge in [-0.1, -0.05) is 38.3 Å². The van der Waals surface area contributed by atoms with Crippen LogP contribution in [0, 0.1) is 5.92 Å². The van der Waals surface area contributed by atoms with Gasteiger partial charge in [0.15, 0.2) is 0 Å². The Balaban J connectivity index is 0.00000243. The normalized spacial score (nSPS) is 20.3. The van der Waals surface area contributed by atoms with Gasteiger partial charge >= 0.3 is 0 Å². The summed E-state index contributed by atoms with van der Waals surface area (Å²) < 4.78 is 11.5. The first-order valence-corrected chi connectivity index (χ1v) is 10.4. The second-order valence-corrected chi connectivity index (χ2v) is 7.71. The molecule has 3 rings (SSSR count). The lowest BCUT2D eigenvalue weighted by atomic mass is 9.90. The molecule has 1 saturated carbocycles. The molecule has 1 saturated heterocycles. The van der Waals surface area contributed by atoms with Gasteiger partial charge in [0, 0.05) is 19.1 Å². The van der Waals surface area contributed by atoms with Crippen LogP contribution in [0.25, 0.3) is 0 Å². The molecule has 4 heteroatoms. The predicted octanol–water partition coefficient (Wildman–Crippen LogP) is 5.11. The van der Waals surface area contributed by atoms with Crippen molar-refractivity contribution in [2.45, 2.75) is 64.3 Å². The maximum absolute atomic E-state index is 6.02. The number of rotatable bonds is 8. The number of nitrogens with zero attached hydrogens (tertiary/aromatic N) is 1. The molecule has 0 aromatic heterocycles. The maximum atomic E-state index is 6.02. The molecule has 0 amide bonds. The Morgan fingerprint density at radius 2 is 1.77 bits per heavy atom. The Morgan fingerprint density at radius 1 is 1.08 bits per heavy atom. The van der Waals surface area contributed by atoms with Crippen LogP contribution in [-0.2, 0) is 11.2 Å². The van der Waals surface area contributed by atoms with E-state index in [1.807, 2.05) is 0 Å². The van der Waals surface area contributed by atoms with E-state index in [2.05, 4.69) is 36.1 Å². The van der Waals surface area contributed by atoms with Crippen molar-refractivity contribution in [2.75, 3.05) is 32.9 Å². The van der Waals surface area contributed by atoms with Gasteiger partial charge in [0.05, 0.1) is 19.8 Å². The molecule has 0 bridgehead atoms. The first kappa shape index (κ1) is 21.5. The summed E-state index contributed by atoms with van der Waals surface area (Å²) in [6, 6.07) is 9.51. The van der Waals surface area contributed by atoms with Crippen molar-refractivity contribution in [3.05, 3.63) is 29.8 Å². The van der Waals surface area contributed by atoms with E-state index in [1.54, 1.807) is 0 Å². The Kier molecular flexibility index (Phi) is 9.80. The number of halogens is 1. The second kappa shape index (κ2) is 11.8. The highest BCUT2D eigenvalue weighted by molar-refractivity contribution is 5.85. The summed E-state index contributed by atoms with van der Waals surface area (Å²) in [6.45, 7) is 7.17. The summed E-state index contributed by atoms with van der Waals surface area (Å²) in [6.07, 6.45) is 10.5. The molecule has 26 heavy (non-hydrogen) atoms. The average Bonchev–Trinajstić information content (AvgIpc) is 2.69. The van der Waals surface area contributed by atoms with Crippen LogP contribution in [0.2, 0.25) is 0 Å². The van der Waals surface area contributed by atoms with Crippen LogP contribution in [0.5, 0.6) is 5.75 Å². The zero-order valence-electron chi connectivity index (χ0n) is 16.3. The van der Waals surface area contributed by atoms with E-state index in [1.165, 1.54) is 50.5 Å². The minimum atomic E-state index is 0. The van der Waals surface area contributed by atoms with Crippen LogP contribution in [0.4, 0.5) is 0 Å². The van der Waals surface area contributed by atoms with Crippen molar-refractivity contribution in [1.82, 2.24) is 4.90 Å². The van der Waals surface area contributed by atoms with Gasteiger partial charge in [0.1, 0.15) is 5.75 Å². The zero-order valence-corrected chi connectivity index (χ0v) is 17.1. The summed E-state index contributed by atoms with van der Waals surface area (Å²) >= 11 is 0. The van der Waals surface area contributed by atoms with Gasteiger partial charge in [-0.05, 0) is 55.7 Å². The molecule has 1 unspecified atom stereocenters. The summed E-state index contributed by atoms with van der Waals surface area (Å²) in [5.74, 6) is 1.81. The highest BCUT2D eigenvalue weighted by Gasteiger charge is 2.19. The van der Waals surface area contributed by atoms with Crippen molar-refractivity contribution >= 4 is 12.4 Å². The number of hydrogen-bond acceptors (Lipinski definition) is 3. The predicted molar refractivity (Wildman–Crippen MR) is 111 cm³/mol. The molecule has 1 aliphatic heterocycles. The molecule has 1 atom stereocenters. The van der Waals surface area contributed by atoms with Crippen LogP contribution >= 0.6 is 12.4 Å². The summed E-state index contributed by atoms with van der Waals surface area (Å²) in [5.41, 5.74) is 1.43. The van der Waals surface area contributed by atoms with Crippen LogP contribution in [0.15, 0.2) is 24.3 Å². The highest BCUT2D eigenvalue weighted by Crippen LogP contribution is 2.25. The Morgan fingerprint density at radius 3 is 2.42 bits per heavy atom. The van der Waals surface area contributed by atoms with Crippen LogP contribution < -0.4 is 4.74 Å². The lowest BCUT2D eigenvalue weighted by Crippen LogP contribution is -2.43. The minimum Gasteiger partial charge on any atom is -0.493 e. The van der Waals surface area contributed by atoms with Crippen LogP contribution in [0.1, 0.15) is 57.4 Å². The van der Waals surface area contributed by atoms with Gasteiger partial charge in [0.25, 0.3) is 0 Å². The molecule has 2 fully saturated rings. The van der Waals surface area contributed by atoms with E-state index in [4.69, 9.17) is 9.47 Å². The standard InChI is InChI=1S/C22H35NO2.ClH/c1-2-21(23-14-16-24-17-15-23)11-8-19-9-12-22(13-10-19)25-18-20-6-4-3-5-7-20;/h9-10,12-13,20-21H,2-8,11,14-18H2,1H3;1H. The molecule has 0 radical (unpaired) electrons. The number of morpholine rings is 1. The molecule has 1 heterocycles. The number of aryl methyl sites for hydroxylation is 1. The largest absolute Gasteiger partial charge is 0.493 e. The molecule has 0 spiro atoms. The van der Waals surface area contributed by atoms with Crippen molar-refractivity contribution < 1.29 is 9.47 Å². The fourth-order valence-electron chi connectivity index (χ4n) is 4.24. The Labute approximate surface area is 165 Å². The molecule has 1 aromatic carbocycles. The summed E-state index contributed by atoms with van der Waals surface area (Å²) in [5, 5.41) is 0. The lowest BCUT2D eigenvalue weighted by molar-refractivity contribution is 0.0140. The van der Waals surface area contributed by atoms with Gasteiger partial charge in [0.2, 0.25) is 0 Å². The van der Waals surface area contributed by atoms with Crippen molar-refractivity contribution in [1.29, 1.82) is 0 Å². The third-order valence-electron chi connectivity index (χ3n) is 5.93. The fourth-order valence-corrected chi connectivity index (χ4v) is 4.24. The van der Waals surface area contributed by atoms with Crippen molar-refractivity contribution in [2.24, 2.45) is 5.92 Å². The number of ether oxygens (including phenoxy) is 2. The van der Waals surface area contributed by atoms with Crippen molar-refractivity contribution in [3.63, 3.8) is 0 Å². The molecule has 2 aliphatic rings. The first-order valence-electron chi connectivity index (χ1n) is 10.4. The molecule has 148 valence electrons. The highest BCUT2D eigenvalue weighted by atomic mass is 35.5. The molecular weight excluding hydrogens is 346 g/mol. The maximum Gasteiger partial charge on any atom is 0.119 e. The monoisotopic (exact) mass is 381 g/mol. The second-order valence-electron chi connectivity index (χ2n) is 7.71. The van der Waals surface area contributed by atoms with Crippen LogP contribution in [-0.4, -0.2) is 43.9 Å². The average molecular weight is 382 g/mol. The SMILES string of the molecule is CCC(CCc1ccc(OCC2CCCCC2)cc1)N1CCOCC1.Cl. The Hall–Kier alpha value is -0.770. The smallest absolute Gasteiger partial charge is 0.119 e. The number of benzene rings is 1. The quantitative estimate of drug-likeness (QED) is 0.624. The van der Waals surface area contributed by atoms with E-state index in [0.29, 0.717) is 6.04 Å². The van der Waals surface area contributed by atoms with Crippen molar-refractivity contribution in [3.8, 4) is 5.75 Å². The van der Waals surface area contributed by atoms with Gasteiger partial charge in [-0.15, -0.1) is 12.4 Å². The fraction of sp³-hybridized carbons (Fsp3) is 0.727. The molecule has 0 N–H and O–H groups in total. The van der Waals surface area contributed by atoms with E-state index >= 15 is 0 Å². The van der Waals surface area contributed by atoms with Gasteiger partial charge in [-0.3, -0.25) is 4.90 Å². The third kappa shape index (κ3) is 6.75.